The van der Waals surface area contributed by atoms with E-state index in [0.717, 1.165) is 24.3 Å². The minimum atomic E-state index is 0.587. The largest absolute Gasteiger partial charge is 0.486 e. The zero-order valence-electron chi connectivity index (χ0n) is 10.8. The van der Waals surface area contributed by atoms with Crippen LogP contribution in [-0.4, -0.2) is 25.8 Å². The van der Waals surface area contributed by atoms with E-state index in [0.29, 0.717) is 29.9 Å². The molecule has 0 bridgehead atoms. The van der Waals surface area contributed by atoms with E-state index in [1.54, 1.807) is 0 Å². The Morgan fingerprint density at radius 3 is 2.89 bits per heavy atom. The van der Waals surface area contributed by atoms with Gasteiger partial charge in [0.15, 0.2) is 11.5 Å². The van der Waals surface area contributed by atoms with E-state index < -0.39 is 0 Å². The van der Waals surface area contributed by atoms with Crippen LogP contribution in [0.5, 0.6) is 11.5 Å². The molecule has 1 aromatic carbocycles. The van der Waals surface area contributed by atoms with Gasteiger partial charge in [-0.05, 0) is 55.3 Å². The molecular weight excluding hydrogens is 262 g/mol. The molecule has 2 fully saturated rings. The molecule has 1 N–H and O–H groups in total. The zero-order chi connectivity index (χ0) is 12.8. The highest BCUT2D eigenvalue weighted by Crippen LogP contribution is 2.50. The molecule has 0 spiro atoms. The molecule has 2 saturated carbocycles. The number of rotatable bonds is 4. The second kappa shape index (κ2) is 4.57. The molecule has 1 aromatic rings. The second-order valence-corrected chi connectivity index (χ2v) is 6.22. The normalized spacial score (nSPS) is 28.3. The van der Waals surface area contributed by atoms with Crippen LogP contribution in [0.2, 0.25) is 5.02 Å². The molecule has 4 rings (SSSR count). The molecule has 2 atom stereocenters. The van der Waals surface area contributed by atoms with Crippen molar-refractivity contribution >= 4 is 11.6 Å². The summed E-state index contributed by atoms with van der Waals surface area (Å²) in [4.78, 5) is 0. The van der Waals surface area contributed by atoms with Gasteiger partial charge in [0, 0.05) is 6.04 Å². The molecule has 4 heteroatoms. The summed E-state index contributed by atoms with van der Waals surface area (Å²) in [5.41, 5.74) is 1.30. The lowest BCUT2D eigenvalue weighted by Crippen LogP contribution is -2.19. The SMILES string of the molecule is Clc1cc(C2CC2CNC2CC2)cc2c1OCCO2. The molecule has 2 aliphatic carbocycles. The molecule has 0 aromatic heterocycles. The lowest BCUT2D eigenvalue weighted by molar-refractivity contribution is 0.171. The average Bonchev–Trinajstić information content (AvgIpc) is 3.30. The highest BCUT2D eigenvalue weighted by molar-refractivity contribution is 6.32. The number of ether oxygens (including phenoxy) is 2. The van der Waals surface area contributed by atoms with Crippen LogP contribution in [0.3, 0.4) is 0 Å². The van der Waals surface area contributed by atoms with Crippen LogP contribution in [0.25, 0.3) is 0 Å². The third-order valence-corrected chi connectivity index (χ3v) is 4.50. The molecule has 2 unspecified atom stereocenters. The Hall–Kier alpha value is -0.930. The summed E-state index contributed by atoms with van der Waals surface area (Å²) in [6.07, 6.45) is 3.97. The number of hydrogen-bond acceptors (Lipinski definition) is 3. The first-order valence-corrected chi connectivity index (χ1v) is 7.51. The van der Waals surface area contributed by atoms with Crippen molar-refractivity contribution in [2.45, 2.75) is 31.2 Å². The molecule has 3 nitrogen and oxygen atoms in total. The maximum Gasteiger partial charge on any atom is 0.179 e. The Morgan fingerprint density at radius 2 is 2.05 bits per heavy atom. The number of hydrogen-bond donors (Lipinski definition) is 1. The maximum absolute atomic E-state index is 6.28. The topological polar surface area (TPSA) is 30.5 Å². The van der Waals surface area contributed by atoms with Crippen LogP contribution < -0.4 is 14.8 Å². The smallest absolute Gasteiger partial charge is 0.179 e. The van der Waals surface area contributed by atoms with Crippen LogP contribution in [0, 0.1) is 5.92 Å². The fourth-order valence-electron chi connectivity index (χ4n) is 2.83. The zero-order valence-corrected chi connectivity index (χ0v) is 11.6. The number of benzene rings is 1. The fourth-order valence-corrected chi connectivity index (χ4v) is 3.11. The van der Waals surface area contributed by atoms with E-state index in [4.69, 9.17) is 21.1 Å². The lowest BCUT2D eigenvalue weighted by Gasteiger charge is -2.20. The van der Waals surface area contributed by atoms with Crippen molar-refractivity contribution in [3.8, 4) is 11.5 Å². The summed E-state index contributed by atoms with van der Waals surface area (Å²) in [5.74, 6) is 2.93. The first-order chi connectivity index (χ1) is 9.31. The average molecular weight is 280 g/mol. The highest BCUT2D eigenvalue weighted by Gasteiger charge is 2.39. The van der Waals surface area contributed by atoms with Crippen molar-refractivity contribution in [1.29, 1.82) is 0 Å². The van der Waals surface area contributed by atoms with Gasteiger partial charge in [0.2, 0.25) is 0 Å². The van der Waals surface area contributed by atoms with Gasteiger partial charge < -0.3 is 14.8 Å². The molecule has 0 amide bonds. The predicted octanol–water partition coefficient (Wildman–Crippen LogP) is 2.97. The Morgan fingerprint density at radius 1 is 1.21 bits per heavy atom. The molecular formula is C15H18ClNO2. The summed E-state index contributed by atoms with van der Waals surface area (Å²) in [5, 5.41) is 4.29. The minimum Gasteiger partial charge on any atom is -0.486 e. The summed E-state index contributed by atoms with van der Waals surface area (Å²) in [6, 6.07) is 4.96. The number of nitrogens with one attached hydrogen (secondary N) is 1. The molecule has 102 valence electrons. The summed E-state index contributed by atoms with van der Waals surface area (Å²) in [7, 11) is 0. The summed E-state index contributed by atoms with van der Waals surface area (Å²) >= 11 is 6.28. The van der Waals surface area contributed by atoms with Crippen molar-refractivity contribution in [3.05, 3.63) is 22.7 Å². The van der Waals surface area contributed by atoms with Crippen LogP contribution in [0.1, 0.15) is 30.7 Å². The molecule has 0 saturated heterocycles. The predicted molar refractivity (Wildman–Crippen MR) is 74.3 cm³/mol. The quantitative estimate of drug-likeness (QED) is 0.919. The van der Waals surface area contributed by atoms with Gasteiger partial charge in [-0.2, -0.15) is 0 Å². The molecule has 1 aliphatic heterocycles. The minimum absolute atomic E-state index is 0.587. The van der Waals surface area contributed by atoms with E-state index in [-0.39, 0.29) is 0 Å². The van der Waals surface area contributed by atoms with Gasteiger partial charge in [0.05, 0.1) is 5.02 Å². The molecule has 3 aliphatic rings. The standard InChI is InChI=1S/C15H18ClNO2/c16-13-6-9(7-14-15(13)19-4-3-18-14)12-5-10(12)8-17-11-1-2-11/h6-7,10-12,17H,1-5,8H2. The third-order valence-electron chi connectivity index (χ3n) is 4.22. The molecule has 19 heavy (non-hydrogen) atoms. The number of halogens is 1. The van der Waals surface area contributed by atoms with E-state index in [2.05, 4.69) is 17.4 Å². The lowest BCUT2D eigenvalue weighted by atomic mass is 10.1. The third kappa shape index (κ3) is 2.41. The van der Waals surface area contributed by atoms with Gasteiger partial charge in [0.1, 0.15) is 13.2 Å². The van der Waals surface area contributed by atoms with E-state index in [9.17, 15) is 0 Å². The van der Waals surface area contributed by atoms with E-state index >= 15 is 0 Å². The second-order valence-electron chi connectivity index (χ2n) is 5.81. The van der Waals surface area contributed by atoms with Crippen LogP contribution in [-0.2, 0) is 0 Å². The first kappa shape index (κ1) is 11.9. The van der Waals surface area contributed by atoms with Gasteiger partial charge in [0.25, 0.3) is 0 Å². The first-order valence-electron chi connectivity index (χ1n) is 7.13. The van der Waals surface area contributed by atoms with Crippen LogP contribution in [0.15, 0.2) is 12.1 Å². The Bertz CT molecular complexity index is 501. The van der Waals surface area contributed by atoms with Crippen molar-refractivity contribution in [2.24, 2.45) is 5.92 Å². The van der Waals surface area contributed by atoms with Gasteiger partial charge >= 0.3 is 0 Å². The molecule has 1 heterocycles. The van der Waals surface area contributed by atoms with Gasteiger partial charge in [-0.25, -0.2) is 0 Å². The van der Waals surface area contributed by atoms with E-state index in [1.807, 2.05) is 0 Å². The summed E-state index contributed by atoms with van der Waals surface area (Å²) in [6.45, 7) is 2.34. The Labute approximate surface area is 118 Å². The monoisotopic (exact) mass is 279 g/mol. The van der Waals surface area contributed by atoms with Crippen molar-refractivity contribution in [2.75, 3.05) is 19.8 Å². The number of fused-ring (bicyclic) bond motifs is 1. The van der Waals surface area contributed by atoms with Gasteiger partial charge in [-0.3, -0.25) is 0 Å². The van der Waals surface area contributed by atoms with Gasteiger partial charge in [-0.15, -0.1) is 0 Å². The van der Waals surface area contributed by atoms with Crippen LogP contribution >= 0.6 is 11.6 Å². The van der Waals surface area contributed by atoms with Crippen LogP contribution in [0.4, 0.5) is 0 Å². The van der Waals surface area contributed by atoms with Crippen molar-refractivity contribution < 1.29 is 9.47 Å². The fraction of sp³-hybridized carbons (Fsp3) is 0.600. The molecule has 0 radical (unpaired) electrons. The highest BCUT2D eigenvalue weighted by atomic mass is 35.5. The summed E-state index contributed by atoms with van der Waals surface area (Å²) < 4.78 is 11.2. The van der Waals surface area contributed by atoms with Crippen molar-refractivity contribution in [3.63, 3.8) is 0 Å². The Balaban J connectivity index is 1.47. The van der Waals surface area contributed by atoms with Crippen molar-refractivity contribution in [1.82, 2.24) is 5.32 Å². The maximum atomic E-state index is 6.28. The Kier molecular flexibility index (Phi) is 2.85. The van der Waals surface area contributed by atoms with E-state index in [1.165, 1.54) is 24.8 Å². The van der Waals surface area contributed by atoms with Gasteiger partial charge in [-0.1, -0.05) is 11.6 Å².